The van der Waals surface area contributed by atoms with Crippen LogP contribution in [0.15, 0.2) is 47.0 Å². The van der Waals surface area contributed by atoms with Crippen LogP contribution in [-0.2, 0) is 0 Å². The summed E-state index contributed by atoms with van der Waals surface area (Å²) in [5.74, 6) is 1.66. The Bertz CT molecular complexity index is 912. The highest BCUT2D eigenvalue weighted by Gasteiger charge is 2.19. The lowest BCUT2D eigenvalue weighted by Gasteiger charge is -2.33. The van der Waals surface area contributed by atoms with Gasteiger partial charge in [0, 0.05) is 43.2 Å². The second-order valence-electron chi connectivity index (χ2n) is 7.30. The van der Waals surface area contributed by atoms with Crippen molar-refractivity contribution in [2.24, 2.45) is 0 Å². The van der Waals surface area contributed by atoms with Gasteiger partial charge >= 0.3 is 0 Å². The summed E-state index contributed by atoms with van der Waals surface area (Å²) in [6, 6.07) is 11.9. The molecule has 6 heteroatoms. The van der Waals surface area contributed by atoms with Crippen LogP contribution in [0.25, 0.3) is 22.2 Å². The van der Waals surface area contributed by atoms with Gasteiger partial charge in [0.1, 0.15) is 12.4 Å². The minimum atomic E-state index is -0.482. The topological polar surface area (TPSA) is 62.0 Å². The number of likely N-dealkylation sites (N-methyl/N-ethyl adjacent to an activating group) is 1. The fourth-order valence-electron chi connectivity index (χ4n) is 3.47. The molecule has 0 amide bonds. The molecule has 1 aliphatic heterocycles. The summed E-state index contributed by atoms with van der Waals surface area (Å²) < 4.78 is 11.6. The van der Waals surface area contributed by atoms with Gasteiger partial charge in [0.05, 0.1) is 18.0 Å². The first kappa shape index (κ1) is 18.8. The van der Waals surface area contributed by atoms with Crippen LogP contribution in [0.2, 0.25) is 0 Å². The van der Waals surface area contributed by atoms with Crippen molar-refractivity contribution in [2.75, 3.05) is 44.2 Å². The number of rotatable bonds is 6. The monoisotopic (exact) mass is 381 g/mol. The minimum absolute atomic E-state index is 0.286. The molecule has 1 fully saturated rings. The van der Waals surface area contributed by atoms with Gasteiger partial charge in [0.15, 0.2) is 11.5 Å². The number of aliphatic hydroxyl groups excluding tert-OH is 1. The third-order valence-corrected chi connectivity index (χ3v) is 5.16. The maximum absolute atomic E-state index is 9.32. The molecule has 4 rings (SSSR count). The Kier molecular flexibility index (Phi) is 5.50. The molecule has 1 N–H and O–H groups in total. The van der Waals surface area contributed by atoms with E-state index >= 15 is 0 Å². The third-order valence-electron chi connectivity index (χ3n) is 5.16. The minimum Gasteiger partial charge on any atom is -0.491 e. The second kappa shape index (κ2) is 8.20. The summed E-state index contributed by atoms with van der Waals surface area (Å²) in [4.78, 5) is 9.32. The van der Waals surface area contributed by atoms with Crippen molar-refractivity contribution in [3.05, 3.63) is 42.6 Å². The zero-order chi connectivity index (χ0) is 19.5. The fourth-order valence-corrected chi connectivity index (χ4v) is 3.47. The van der Waals surface area contributed by atoms with E-state index in [2.05, 4.69) is 33.8 Å². The van der Waals surface area contributed by atoms with Gasteiger partial charge in [-0.15, -0.1) is 0 Å². The van der Waals surface area contributed by atoms with Crippen LogP contribution in [-0.4, -0.2) is 60.4 Å². The highest BCUT2D eigenvalue weighted by Crippen LogP contribution is 2.30. The van der Waals surface area contributed by atoms with Gasteiger partial charge in [-0.1, -0.05) is 6.92 Å². The molecular formula is C22H27N3O3. The van der Waals surface area contributed by atoms with Gasteiger partial charge in [-0.25, -0.2) is 0 Å². The molecule has 1 unspecified atom stereocenters. The molecule has 1 aromatic carbocycles. The number of pyridine rings is 1. The lowest BCUT2D eigenvalue weighted by molar-refractivity contribution is 0.123. The van der Waals surface area contributed by atoms with Crippen LogP contribution in [0.4, 0.5) is 5.88 Å². The number of furan rings is 1. The Hall–Kier alpha value is -2.57. The molecular weight excluding hydrogens is 354 g/mol. The highest BCUT2D eigenvalue weighted by atomic mass is 16.5. The quantitative estimate of drug-likeness (QED) is 0.706. The SMILES string of the molecule is CCN1CCN(c2cc3cc(-c4ccc(OCC(C)O)cc4)ncc3o2)CC1. The largest absolute Gasteiger partial charge is 0.491 e. The number of anilines is 1. The number of nitrogens with zero attached hydrogens (tertiary/aromatic N) is 3. The van der Waals surface area contributed by atoms with Crippen LogP contribution in [0.3, 0.4) is 0 Å². The molecule has 2 aromatic heterocycles. The zero-order valence-corrected chi connectivity index (χ0v) is 16.5. The number of fused-ring (bicyclic) bond motifs is 1. The van der Waals surface area contributed by atoms with Gasteiger partial charge in [0.2, 0.25) is 0 Å². The summed E-state index contributed by atoms with van der Waals surface area (Å²) in [5, 5.41) is 10.4. The Labute approximate surface area is 165 Å². The second-order valence-corrected chi connectivity index (χ2v) is 7.30. The van der Waals surface area contributed by atoms with Crippen LogP contribution >= 0.6 is 0 Å². The number of aliphatic hydroxyl groups is 1. The molecule has 1 aliphatic rings. The molecule has 1 saturated heterocycles. The van der Waals surface area contributed by atoms with E-state index in [1.54, 1.807) is 13.1 Å². The van der Waals surface area contributed by atoms with Gasteiger partial charge < -0.3 is 24.1 Å². The molecule has 1 atom stereocenters. The van der Waals surface area contributed by atoms with Gasteiger partial charge in [-0.3, -0.25) is 4.98 Å². The summed E-state index contributed by atoms with van der Waals surface area (Å²) in [5.41, 5.74) is 2.73. The molecule has 0 saturated carbocycles. The fraction of sp³-hybridized carbons (Fsp3) is 0.409. The summed E-state index contributed by atoms with van der Waals surface area (Å²) in [7, 11) is 0. The molecule has 28 heavy (non-hydrogen) atoms. The number of ether oxygens (including phenoxy) is 1. The van der Waals surface area contributed by atoms with E-state index in [0.717, 1.165) is 66.6 Å². The van der Waals surface area contributed by atoms with Crippen LogP contribution in [0.5, 0.6) is 5.75 Å². The predicted octanol–water partition coefficient (Wildman–Crippen LogP) is 3.40. The lowest BCUT2D eigenvalue weighted by Crippen LogP contribution is -2.46. The molecule has 0 aliphatic carbocycles. The molecule has 0 radical (unpaired) electrons. The Morgan fingerprint density at radius 1 is 1.14 bits per heavy atom. The van der Waals surface area contributed by atoms with E-state index in [1.807, 2.05) is 24.3 Å². The molecule has 6 nitrogen and oxygen atoms in total. The van der Waals surface area contributed by atoms with Crippen molar-refractivity contribution in [2.45, 2.75) is 20.0 Å². The van der Waals surface area contributed by atoms with E-state index in [1.165, 1.54) is 0 Å². The Balaban J connectivity index is 1.50. The number of piperazine rings is 1. The first-order valence-electron chi connectivity index (χ1n) is 9.90. The molecule has 3 heterocycles. The van der Waals surface area contributed by atoms with Crippen LogP contribution < -0.4 is 9.64 Å². The van der Waals surface area contributed by atoms with Crippen molar-refractivity contribution in [1.82, 2.24) is 9.88 Å². The number of benzene rings is 1. The molecule has 148 valence electrons. The first-order valence-corrected chi connectivity index (χ1v) is 9.90. The summed E-state index contributed by atoms with van der Waals surface area (Å²) in [6.07, 6.45) is 1.32. The predicted molar refractivity (Wildman–Crippen MR) is 111 cm³/mol. The normalized spacial score (nSPS) is 16.5. The lowest BCUT2D eigenvalue weighted by atomic mass is 10.1. The standard InChI is InChI=1S/C22H27N3O3/c1-3-24-8-10-25(11-9-24)22-13-18-12-20(23-14-21(18)28-22)17-4-6-19(7-5-17)27-15-16(2)26/h4-7,12-14,16,26H,3,8-11,15H2,1-2H3. The maximum Gasteiger partial charge on any atom is 0.196 e. The number of hydrogen-bond donors (Lipinski definition) is 1. The van der Waals surface area contributed by atoms with Crippen molar-refractivity contribution >= 4 is 16.9 Å². The van der Waals surface area contributed by atoms with Gasteiger partial charge in [-0.05, 0) is 43.8 Å². The zero-order valence-electron chi connectivity index (χ0n) is 16.5. The third kappa shape index (κ3) is 4.13. The average Bonchev–Trinajstić information content (AvgIpc) is 3.16. The average molecular weight is 381 g/mol. The number of aromatic nitrogens is 1. The Morgan fingerprint density at radius 2 is 1.89 bits per heavy atom. The van der Waals surface area contributed by atoms with Crippen molar-refractivity contribution < 1.29 is 14.3 Å². The van der Waals surface area contributed by atoms with Crippen molar-refractivity contribution in [1.29, 1.82) is 0 Å². The molecule has 0 spiro atoms. The number of hydrogen-bond acceptors (Lipinski definition) is 6. The van der Waals surface area contributed by atoms with E-state index in [9.17, 15) is 5.11 Å². The summed E-state index contributed by atoms with van der Waals surface area (Å²) in [6.45, 7) is 9.41. The van der Waals surface area contributed by atoms with Crippen molar-refractivity contribution in [3.8, 4) is 17.0 Å². The van der Waals surface area contributed by atoms with Crippen molar-refractivity contribution in [3.63, 3.8) is 0 Å². The van der Waals surface area contributed by atoms with Crippen LogP contribution in [0.1, 0.15) is 13.8 Å². The van der Waals surface area contributed by atoms with E-state index in [0.29, 0.717) is 0 Å². The van der Waals surface area contributed by atoms with Crippen LogP contribution in [0, 0.1) is 0 Å². The van der Waals surface area contributed by atoms with E-state index in [-0.39, 0.29) is 6.61 Å². The van der Waals surface area contributed by atoms with E-state index in [4.69, 9.17) is 9.15 Å². The van der Waals surface area contributed by atoms with E-state index < -0.39 is 6.10 Å². The smallest absolute Gasteiger partial charge is 0.196 e. The molecule has 0 bridgehead atoms. The Morgan fingerprint density at radius 3 is 2.57 bits per heavy atom. The summed E-state index contributed by atoms with van der Waals surface area (Å²) >= 11 is 0. The molecule has 3 aromatic rings. The van der Waals surface area contributed by atoms with Gasteiger partial charge in [0.25, 0.3) is 0 Å². The highest BCUT2D eigenvalue weighted by molar-refractivity contribution is 5.84. The maximum atomic E-state index is 9.32. The van der Waals surface area contributed by atoms with Gasteiger partial charge in [-0.2, -0.15) is 0 Å². The first-order chi connectivity index (χ1) is 13.6.